The number of hydrogen-bond donors (Lipinski definition) is 2. The molecule has 1 saturated carbocycles. The summed E-state index contributed by atoms with van der Waals surface area (Å²) in [5, 5.41) is 9.78. The summed E-state index contributed by atoms with van der Waals surface area (Å²) in [5.74, 6) is 0.394. The van der Waals surface area contributed by atoms with Gasteiger partial charge in [0.15, 0.2) is 5.70 Å². The third-order valence-electron chi connectivity index (χ3n) is 3.30. The Labute approximate surface area is 120 Å². The van der Waals surface area contributed by atoms with Gasteiger partial charge in [0, 0.05) is 5.92 Å². The second-order valence-corrected chi connectivity index (χ2v) is 5.83. The van der Waals surface area contributed by atoms with Gasteiger partial charge < -0.3 is 17.5 Å². The van der Waals surface area contributed by atoms with E-state index in [0.29, 0.717) is 5.92 Å². The van der Waals surface area contributed by atoms with E-state index in [9.17, 15) is 5.11 Å². The van der Waals surface area contributed by atoms with Crippen molar-refractivity contribution < 1.29 is 22.4 Å². The molecule has 1 atom stereocenters. The van der Waals surface area contributed by atoms with Crippen LogP contribution in [0.15, 0.2) is 33.8 Å². The molecule has 2 N–H and O–H groups in total. The van der Waals surface area contributed by atoms with Gasteiger partial charge in [-0.05, 0) is 19.8 Å². The Morgan fingerprint density at radius 3 is 2.88 bits per heavy atom. The van der Waals surface area contributed by atoms with Gasteiger partial charge >= 0.3 is 0 Å². The molecule has 1 aliphatic carbocycles. The van der Waals surface area contributed by atoms with Crippen molar-refractivity contribution in [1.82, 2.24) is 0 Å². The number of nitrogens with one attached hydrogen (secondary N) is 1. The van der Waals surface area contributed by atoms with Gasteiger partial charge in [-0.2, -0.15) is 4.99 Å². The Kier molecular flexibility index (Phi) is 3.46. The fourth-order valence-electron chi connectivity index (χ4n) is 2.51. The van der Waals surface area contributed by atoms with Crippen LogP contribution in [-0.2, 0) is 0 Å². The first-order chi connectivity index (χ1) is 7.57. The number of fused-ring (bicyclic) bond motifs is 1. The minimum atomic E-state index is -0.496. The molecule has 2 aliphatic heterocycles. The van der Waals surface area contributed by atoms with E-state index in [0.717, 1.165) is 28.1 Å². The van der Waals surface area contributed by atoms with Crippen molar-refractivity contribution in [2.24, 2.45) is 15.9 Å². The summed E-state index contributed by atoms with van der Waals surface area (Å²) >= 11 is 2.26. The van der Waals surface area contributed by atoms with Crippen LogP contribution in [0.2, 0.25) is 0 Å². The molecule has 0 amide bonds. The summed E-state index contributed by atoms with van der Waals surface area (Å²) in [5.41, 5.74) is 1.76. The van der Waals surface area contributed by atoms with Crippen LogP contribution in [0.3, 0.4) is 0 Å². The van der Waals surface area contributed by atoms with Gasteiger partial charge in [-0.25, -0.2) is 4.90 Å². The van der Waals surface area contributed by atoms with E-state index in [4.69, 9.17) is 0 Å². The van der Waals surface area contributed by atoms with Gasteiger partial charge in [0.2, 0.25) is 0 Å². The number of allylic oxidation sites excluding steroid dienone is 2. The highest BCUT2D eigenvalue weighted by Crippen LogP contribution is 2.43. The molecule has 4 nitrogen and oxygen atoms in total. The number of quaternary nitrogens is 1. The lowest BCUT2D eigenvalue weighted by atomic mass is 9.70. The van der Waals surface area contributed by atoms with Crippen molar-refractivity contribution in [2.45, 2.75) is 25.4 Å². The second-order valence-electron chi connectivity index (χ2n) is 4.81. The maximum absolute atomic E-state index is 9.78. The third-order valence-corrected chi connectivity index (χ3v) is 4.12. The molecule has 0 aromatic heterocycles. The molecule has 17 heavy (non-hydrogen) atoms. The number of nitrogens with zero attached hydrogens (tertiary/aromatic N) is 2. The zero-order valence-corrected chi connectivity index (χ0v) is 12.2. The molecule has 2 heterocycles. The summed E-state index contributed by atoms with van der Waals surface area (Å²) in [7, 11) is 0. The average Bonchev–Trinajstić information content (AvgIpc) is 2.53. The van der Waals surface area contributed by atoms with E-state index in [1.54, 1.807) is 6.20 Å². The number of halogens is 2. The summed E-state index contributed by atoms with van der Waals surface area (Å²) in [4.78, 5) is 9.95. The molecule has 0 aromatic carbocycles. The molecule has 0 bridgehead atoms. The van der Waals surface area contributed by atoms with Gasteiger partial charge in [0.05, 0.1) is 40.6 Å². The fraction of sp³-hybridized carbons (Fsp3) is 0.455. The molecule has 92 valence electrons. The zero-order valence-electron chi connectivity index (χ0n) is 9.32. The Hall–Kier alpha value is -0.240. The van der Waals surface area contributed by atoms with Crippen molar-refractivity contribution in [3.05, 3.63) is 23.8 Å². The summed E-state index contributed by atoms with van der Waals surface area (Å²) < 4.78 is 1.04. The van der Waals surface area contributed by atoms with Gasteiger partial charge in [-0.3, -0.25) is 4.99 Å². The lowest BCUT2D eigenvalue weighted by Gasteiger charge is -2.40. The summed E-state index contributed by atoms with van der Waals surface area (Å²) in [6.07, 6.45) is 7.30. The van der Waals surface area contributed by atoms with Crippen LogP contribution in [0, 0.1) is 5.92 Å². The lowest BCUT2D eigenvalue weighted by molar-refractivity contribution is -0.684. The molecule has 0 saturated heterocycles. The maximum Gasteiger partial charge on any atom is 0.272 e. The fourth-order valence-corrected chi connectivity index (χ4v) is 3.24. The van der Waals surface area contributed by atoms with Gasteiger partial charge in [0.1, 0.15) is 11.9 Å². The molecular formula is C11H13ClIN3O. The monoisotopic (exact) mass is 365 g/mol. The van der Waals surface area contributed by atoms with Crippen LogP contribution in [0.4, 0.5) is 0 Å². The van der Waals surface area contributed by atoms with Gasteiger partial charge in [0.25, 0.3) is 3.84 Å². The largest absolute Gasteiger partial charge is 1.00 e. The number of rotatable bonds is 1. The van der Waals surface area contributed by atoms with Crippen molar-refractivity contribution in [3.63, 3.8) is 0 Å². The van der Waals surface area contributed by atoms with Crippen LogP contribution in [0.25, 0.3) is 0 Å². The summed E-state index contributed by atoms with van der Waals surface area (Å²) in [6, 6.07) is 0. The van der Waals surface area contributed by atoms with Crippen molar-refractivity contribution in [2.75, 3.05) is 0 Å². The zero-order chi connectivity index (χ0) is 11.3. The first-order valence-electron chi connectivity index (χ1n) is 5.35. The lowest BCUT2D eigenvalue weighted by Crippen LogP contribution is -3.07. The van der Waals surface area contributed by atoms with Gasteiger partial charge in [-0.1, -0.05) is 0 Å². The SMILES string of the molecule is CC1(O)CC(C2=C3C=NC=C[NH+]3C(I)=N2)C1.[Cl-]. The molecule has 6 heteroatoms. The Balaban J connectivity index is 0.00000108. The van der Waals surface area contributed by atoms with E-state index in [2.05, 4.69) is 32.6 Å². The van der Waals surface area contributed by atoms with E-state index >= 15 is 0 Å². The van der Waals surface area contributed by atoms with Crippen molar-refractivity contribution in [3.8, 4) is 0 Å². The molecule has 0 radical (unpaired) electrons. The molecule has 0 spiro atoms. The minimum Gasteiger partial charge on any atom is -1.00 e. The quantitative estimate of drug-likeness (QED) is 0.395. The van der Waals surface area contributed by atoms with Crippen molar-refractivity contribution >= 4 is 32.6 Å². The normalized spacial score (nSPS) is 38.4. The third kappa shape index (κ3) is 2.21. The molecule has 1 unspecified atom stereocenters. The highest BCUT2D eigenvalue weighted by Gasteiger charge is 2.45. The number of aliphatic imine (C=N–C) groups is 2. The molecule has 3 aliphatic rings. The second kappa shape index (κ2) is 4.46. The predicted octanol–water partition coefficient (Wildman–Crippen LogP) is -2.39. The first kappa shape index (κ1) is 13.2. The highest BCUT2D eigenvalue weighted by atomic mass is 127. The molecule has 0 aromatic rings. The maximum atomic E-state index is 9.78. The molecule has 3 rings (SSSR count). The van der Waals surface area contributed by atoms with Gasteiger partial charge in [-0.15, -0.1) is 0 Å². The van der Waals surface area contributed by atoms with Crippen molar-refractivity contribution in [1.29, 1.82) is 0 Å². The topological polar surface area (TPSA) is 49.4 Å². The van der Waals surface area contributed by atoms with E-state index in [-0.39, 0.29) is 12.4 Å². The van der Waals surface area contributed by atoms with E-state index in [1.165, 1.54) is 4.90 Å². The van der Waals surface area contributed by atoms with Crippen LogP contribution in [0.1, 0.15) is 19.8 Å². The van der Waals surface area contributed by atoms with Crippen LogP contribution >= 0.6 is 22.6 Å². The Bertz CT molecular complexity index is 459. The summed E-state index contributed by atoms with van der Waals surface area (Å²) in [6.45, 7) is 1.89. The predicted molar refractivity (Wildman–Crippen MR) is 70.4 cm³/mol. The highest BCUT2D eigenvalue weighted by molar-refractivity contribution is 14.1. The van der Waals surface area contributed by atoms with Crippen LogP contribution in [0.5, 0.6) is 0 Å². The van der Waals surface area contributed by atoms with Crippen LogP contribution in [-0.4, -0.2) is 20.8 Å². The first-order valence-corrected chi connectivity index (χ1v) is 6.43. The number of aliphatic hydroxyl groups is 1. The van der Waals surface area contributed by atoms with E-state index < -0.39 is 5.60 Å². The van der Waals surface area contributed by atoms with Crippen LogP contribution < -0.4 is 17.3 Å². The Morgan fingerprint density at radius 2 is 2.24 bits per heavy atom. The molecule has 1 fully saturated rings. The number of hydrogen-bond acceptors (Lipinski definition) is 3. The smallest absolute Gasteiger partial charge is 0.272 e. The Morgan fingerprint density at radius 1 is 1.53 bits per heavy atom. The van der Waals surface area contributed by atoms with E-state index in [1.807, 2.05) is 19.3 Å². The molecular weight excluding hydrogens is 352 g/mol. The number of amidine groups is 1. The average molecular weight is 366 g/mol. The standard InChI is InChI=1S/C11H12IN3O.ClH/c1-11(16)4-7(5-11)9-8-6-13-2-3-15(8)10(12)14-9;/h2-3,6-7,16H,4-5H2,1H3;1H. The minimum absolute atomic E-state index is 0.